The maximum absolute atomic E-state index is 13.1. The van der Waals surface area contributed by atoms with Crippen molar-refractivity contribution in [2.75, 3.05) is 18.4 Å². The first-order valence-electron chi connectivity index (χ1n) is 10.6. The third kappa shape index (κ3) is 5.92. The lowest BCUT2D eigenvalue weighted by atomic mass is 9.99. The molecule has 1 aliphatic heterocycles. The van der Waals surface area contributed by atoms with Gasteiger partial charge in [0.25, 0.3) is 0 Å². The minimum absolute atomic E-state index is 0.0182. The highest BCUT2D eigenvalue weighted by Gasteiger charge is 2.33. The van der Waals surface area contributed by atoms with Crippen LogP contribution >= 0.6 is 0 Å². The number of carbonyl (C=O) groups excluding carboxylic acids is 2. The number of nitrogens with one attached hydrogen (secondary N) is 2. The van der Waals surface area contributed by atoms with Crippen LogP contribution in [-0.4, -0.2) is 37.6 Å². The van der Waals surface area contributed by atoms with Crippen LogP contribution in [0.5, 0.6) is 0 Å². The Morgan fingerprint density at radius 2 is 1.75 bits per heavy atom. The fraction of sp³-hybridized carbons (Fsp3) is 0.391. The third-order valence-electron chi connectivity index (χ3n) is 5.42. The van der Waals surface area contributed by atoms with Crippen molar-refractivity contribution in [2.24, 2.45) is 11.8 Å². The predicted octanol–water partition coefficient (Wildman–Crippen LogP) is 3.14. The molecule has 1 aliphatic rings. The van der Waals surface area contributed by atoms with Gasteiger partial charge in [-0.2, -0.15) is 4.31 Å². The van der Waals surface area contributed by atoms with Gasteiger partial charge in [0.15, 0.2) is 0 Å². The molecular formula is C23H28FN3O4S. The molecule has 1 saturated heterocycles. The van der Waals surface area contributed by atoms with Crippen LogP contribution in [-0.2, 0) is 26.2 Å². The molecule has 2 aromatic carbocycles. The van der Waals surface area contributed by atoms with E-state index in [0.717, 1.165) is 17.7 Å². The van der Waals surface area contributed by atoms with E-state index in [2.05, 4.69) is 10.6 Å². The first-order valence-corrected chi connectivity index (χ1v) is 12.0. The van der Waals surface area contributed by atoms with Gasteiger partial charge in [-0.1, -0.05) is 26.0 Å². The Kier molecular flexibility index (Phi) is 7.63. The van der Waals surface area contributed by atoms with Gasteiger partial charge in [-0.05, 0) is 54.8 Å². The number of sulfonamides is 1. The van der Waals surface area contributed by atoms with Crippen LogP contribution in [0.3, 0.4) is 0 Å². The van der Waals surface area contributed by atoms with Crippen LogP contribution in [0.25, 0.3) is 0 Å². The Bertz CT molecular complexity index is 1050. The highest BCUT2D eigenvalue weighted by molar-refractivity contribution is 7.89. The number of carbonyl (C=O) groups is 2. The zero-order chi connectivity index (χ0) is 23.3. The van der Waals surface area contributed by atoms with Crippen molar-refractivity contribution in [3.63, 3.8) is 0 Å². The first kappa shape index (κ1) is 23.9. The summed E-state index contributed by atoms with van der Waals surface area (Å²) in [6.07, 6.45) is 1.17. The fourth-order valence-corrected chi connectivity index (χ4v) is 4.98. The summed E-state index contributed by atoms with van der Waals surface area (Å²) < 4.78 is 40.1. The topological polar surface area (TPSA) is 95.6 Å². The molecule has 0 radical (unpaired) electrons. The summed E-state index contributed by atoms with van der Waals surface area (Å²) >= 11 is 0. The lowest BCUT2D eigenvalue weighted by Crippen LogP contribution is -2.45. The largest absolute Gasteiger partial charge is 0.352 e. The molecule has 2 amide bonds. The van der Waals surface area contributed by atoms with Crippen molar-refractivity contribution in [1.82, 2.24) is 9.62 Å². The summed E-state index contributed by atoms with van der Waals surface area (Å²) in [5, 5.41) is 5.68. The average Bonchev–Trinajstić information content (AvgIpc) is 2.78. The SMILES string of the molecule is CC(C)C(=O)Nc1ccc(CNC(=O)C2CCCN(S(=O)(=O)c3ccc(F)cc3)C2)cc1. The van der Waals surface area contributed by atoms with Crippen LogP contribution in [0.1, 0.15) is 32.3 Å². The van der Waals surface area contributed by atoms with Crippen molar-refractivity contribution in [1.29, 1.82) is 0 Å². The highest BCUT2D eigenvalue weighted by atomic mass is 32.2. The number of nitrogens with zero attached hydrogens (tertiary/aromatic N) is 1. The second-order valence-electron chi connectivity index (χ2n) is 8.21. The van der Waals surface area contributed by atoms with E-state index in [4.69, 9.17) is 0 Å². The molecule has 1 heterocycles. The molecule has 0 saturated carbocycles. The second-order valence-corrected chi connectivity index (χ2v) is 10.2. The number of piperidine rings is 1. The lowest BCUT2D eigenvalue weighted by molar-refractivity contribution is -0.126. The molecule has 172 valence electrons. The summed E-state index contributed by atoms with van der Waals surface area (Å²) in [7, 11) is -3.78. The summed E-state index contributed by atoms with van der Waals surface area (Å²) in [4.78, 5) is 24.4. The number of hydrogen-bond acceptors (Lipinski definition) is 4. The molecule has 32 heavy (non-hydrogen) atoms. The van der Waals surface area contributed by atoms with Gasteiger partial charge in [0.2, 0.25) is 21.8 Å². The fourth-order valence-electron chi connectivity index (χ4n) is 3.46. The number of halogens is 1. The van der Waals surface area contributed by atoms with E-state index in [0.29, 0.717) is 31.6 Å². The summed E-state index contributed by atoms with van der Waals surface area (Å²) in [5.41, 5.74) is 1.56. The van der Waals surface area contributed by atoms with Crippen LogP contribution in [0.2, 0.25) is 0 Å². The van der Waals surface area contributed by atoms with Crippen molar-refractivity contribution in [3.05, 3.63) is 59.9 Å². The number of amides is 2. The average molecular weight is 462 g/mol. The van der Waals surface area contributed by atoms with Crippen LogP contribution in [0.4, 0.5) is 10.1 Å². The molecule has 2 N–H and O–H groups in total. The molecule has 2 aromatic rings. The highest BCUT2D eigenvalue weighted by Crippen LogP contribution is 2.24. The lowest BCUT2D eigenvalue weighted by Gasteiger charge is -2.31. The number of benzene rings is 2. The van der Waals surface area contributed by atoms with Crippen molar-refractivity contribution < 1.29 is 22.4 Å². The van der Waals surface area contributed by atoms with Gasteiger partial charge < -0.3 is 10.6 Å². The van der Waals surface area contributed by atoms with Gasteiger partial charge >= 0.3 is 0 Å². The zero-order valence-electron chi connectivity index (χ0n) is 18.2. The molecule has 0 aromatic heterocycles. The Labute approximate surface area is 188 Å². The van der Waals surface area contributed by atoms with Crippen molar-refractivity contribution >= 4 is 27.5 Å². The molecular weight excluding hydrogens is 433 g/mol. The molecule has 1 fully saturated rings. The van der Waals surface area contributed by atoms with Crippen LogP contribution in [0.15, 0.2) is 53.4 Å². The predicted molar refractivity (Wildman–Crippen MR) is 120 cm³/mol. The Hall–Kier alpha value is -2.78. The monoisotopic (exact) mass is 461 g/mol. The zero-order valence-corrected chi connectivity index (χ0v) is 19.0. The maximum atomic E-state index is 13.1. The third-order valence-corrected chi connectivity index (χ3v) is 7.30. The minimum Gasteiger partial charge on any atom is -0.352 e. The Morgan fingerprint density at radius 3 is 2.38 bits per heavy atom. The summed E-state index contributed by atoms with van der Waals surface area (Å²) in [5.74, 6) is -1.35. The molecule has 3 rings (SSSR count). The quantitative estimate of drug-likeness (QED) is 0.662. The molecule has 0 aliphatic carbocycles. The smallest absolute Gasteiger partial charge is 0.243 e. The molecule has 1 unspecified atom stereocenters. The molecule has 0 bridgehead atoms. The molecule has 7 nitrogen and oxygen atoms in total. The Morgan fingerprint density at radius 1 is 1.09 bits per heavy atom. The van der Waals surface area contributed by atoms with E-state index in [1.807, 2.05) is 26.0 Å². The summed E-state index contributed by atoms with van der Waals surface area (Å²) in [6, 6.07) is 11.9. The number of anilines is 1. The Balaban J connectivity index is 1.56. The van der Waals surface area contributed by atoms with E-state index >= 15 is 0 Å². The van der Waals surface area contributed by atoms with E-state index in [9.17, 15) is 22.4 Å². The van der Waals surface area contributed by atoms with Crippen molar-refractivity contribution in [3.8, 4) is 0 Å². The normalized spacial score (nSPS) is 17.2. The number of rotatable bonds is 7. The number of hydrogen-bond donors (Lipinski definition) is 2. The van der Waals surface area contributed by atoms with Gasteiger partial charge in [0.05, 0.1) is 10.8 Å². The minimum atomic E-state index is -3.78. The molecule has 1 atom stereocenters. The maximum Gasteiger partial charge on any atom is 0.243 e. The molecule has 0 spiro atoms. The van der Waals surface area contributed by atoms with E-state index in [1.165, 1.54) is 16.4 Å². The van der Waals surface area contributed by atoms with Crippen LogP contribution < -0.4 is 10.6 Å². The first-order chi connectivity index (χ1) is 15.2. The van der Waals surface area contributed by atoms with E-state index < -0.39 is 21.8 Å². The second kappa shape index (κ2) is 10.2. The van der Waals surface area contributed by atoms with Gasteiger partial charge in [0, 0.05) is 31.2 Å². The van der Waals surface area contributed by atoms with Gasteiger partial charge in [-0.25, -0.2) is 12.8 Å². The van der Waals surface area contributed by atoms with E-state index in [1.54, 1.807) is 12.1 Å². The van der Waals surface area contributed by atoms with Crippen molar-refractivity contribution in [2.45, 2.75) is 38.1 Å². The van der Waals surface area contributed by atoms with E-state index in [-0.39, 0.29) is 29.2 Å². The molecule has 9 heteroatoms. The van der Waals surface area contributed by atoms with Crippen LogP contribution in [0, 0.1) is 17.7 Å². The van der Waals surface area contributed by atoms with Gasteiger partial charge in [-0.3, -0.25) is 9.59 Å². The standard InChI is InChI=1S/C23H28FN3O4S/c1-16(2)22(28)26-20-9-5-17(6-10-20)14-25-23(29)18-4-3-13-27(15-18)32(30,31)21-11-7-19(24)8-12-21/h5-12,16,18H,3-4,13-15H2,1-2H3,(H,25,29)(H,26,28). The van der Waals surface area contributed by atoms with Gasteiger partial charge in [0.1, 0.15) is 5.82 Å². The summed E-state index contributed by atoms with van der Waals surface area (Å²) in [6.45, 7) is 4.35. The van der Waals surface area contributed by atoms with Gasteiger partial charge in [-0.15, -0.1) is 0 Å².